The summed E-state index contributed by atoms with van der Waals surface area (Å²) in [5, 5.41) is 15.4. The molecule has 0 saturated heterocycles. The first-order valence-corrected chi connectivity index (χ1v) is 12.8. The van der Waals surface area contributed by atoms with Gasteiger partial charge in [0.15, 0.2) is 12.4 Å². The number of rotatable bonds is 8. The van der Waals surface area contributed by atoms with Gasteiger partial charge in [0.1, 0.15) is 6.73 Å². The average molecular weight is 411 g/mol. The summed E-state index contributed by atoms with van der Waals surface area (Å²) >= 11 is 0. The number of fused-ring (bicyclic) bond motifs is 1. The van der Waals surface area contributed by atoms with E-state index in [9.17, 15) is 9.90 Å². The molecule has 1 atom stereocenters. The number of carbonyl (C=O) groups excluding carboxylic acids is 1. The van der Waals surface area contributed by atoms with Gasteiger partial charge in [-0.05, 0) is 6.04 Å². The van der Waals surface area contributed by atoms with Gasteiger partial charge >= 0.3 is 6.41 Å². The van der Waals surface area contributed by atoms with Crippen molar-refractivity contribution in [1.29, 1.82) is 0 Å². The number of anilines is 2. The normalized spacial score (nSPS) is 19.2. The molecule has 12 heteroatoms. The number of hydrazone groups is 1. The highest BCUT2D eigenvalue weighted by Crippen LogP contribution is 2.31. The van der Waals surface area contributed by atoms with Crippen LogP contribution in [-0.2, 0) is 14.3 Å². The van der Waals surface area contributed by atoms with E-state index in [1.54, 1.807) is 0 Å². The molecule has 1 amide bonds. The van der Waals surface area contributed by atoms with Crippen LogP contribution in [-0.4, -0.2) is 67.9 Å². The zero-order chi connectivity index (χ0) is 20.3. The molecule has 154 valence electrons. The molecule has 0 aliphatic carbocycles. The van der Waals surface area contributed by atoms with E-state index in [4.69, 9.17) is 19.9 Å². The van der Waals surface area contributed by atoms with E-state index < -0.39 is 14.5 Å². The molecule has 2 aliphatic rings. The first-order valence-electron chi connectivity index (χ1n) is 9.08. The van der Waals surface area contributed by atoms with Gasteiger partial charge in [-0.2, -0.15) is 5.01 Å². The summed E-state index contributed by atoms with van der Waals surface area (Å²) in [4.78, 5) is 22.3. The number of hydrogen-bond acceptors (Lipinski definition) is 10. The van der Waals surface area contributed by atoms with Crippen molar-refractivity contribution in [3.05, 3.63) is 6.20 Å². The molecule has 0 bridgehead atoms. The molecule has 1 unspecified atom stereocenters. The molecule has 0 spiro atoms. The number of aliphatic hydroxyl groups excluding tert-OH is 1. The predicted octanol–water partition coefficient (Wildman–Crippen LogP) is 0.289. The molecule has 2 aliphatic heterocycles. The van der Waals surface area contributed by atoms with E-state index in [-0.39, 0.29) is 36.8 Å². The Hall–Kier alpha value is -2.28. The lowest BCUT2D eigenvalue weighted by molar-refractivity contribution is -0.122. The summed E-state index contributed by atoms with van der Waals surface area (Å²) in [6.07, 6.45) is 0.431. The maximum Gasteiger partial charge on any atom is 0.303 e. The van der Waals surface area contributed by atoms with Crippen LogP contribution in [0.5, 0.6) is 5.88 Å². The lowest BCUT2D eigenvalue weighted by Gasteiger charge is -2.28. The fraction of sp³-hybridized carbons (Fsp3) is 0.625. The Balaban J connectivity index is 1.76. The molecule has 0 saturated carbocycles. The molecule has 11 nitrogen and oxygen atoms in total. The van der Waals surface area contributed by atoms with Gasteiger partial charge in [0.2, 0.25) is 11.7 Å². The smallest absolute Gasteiger partial charge is 0.303 e. The van der Waals surface area contributed by atoms with Gasteiger partial charge in [-0.15, -0.1) is 5.10 Å². The van der Waals surface area contributed by atoms with Crippen LogP contribution in [0.2, 0.25) is 25.7 Å². The van der Waals surface area contributed by atoms with Gasteiger partial charge in [0.05, 0.1) is 6.20 Å². The van der Waals surface area contributed by atoms with Crippen molar-refractivity contribution in [3.8, 4) is 5.88 Å². The molecular formula is C16H26N6O5Si. The van der Waals surface area contributed by atoms with Gasteiger partial charge < -0.3 is 25.1 Å². The first-order chi connectivity index (χ1) is 13.3. The first kappa shape index (κ1) is 20.5. The fourth-order valence-electron chi connectivity index (χ4n) is 2.50. The van der Waals surface area contributed by atoms with Gasteiger partial charge in [-0.1, -0.05) is 19.6 Å². The number of amides is 1. The molecule has 0 aromatic carbocycles. The van der Waals surface area contributed by atoms with Crippen LogP contribution in [0, 0.1) is 0 Å². The van der Waals surface area contributed by atoms with E-state index in [0.717, 1.165) is 6.04 Å². The van der Waals surface area contributed by atoms with Crippen LogP contribution in [0.25, 0.3) is 0 Å². The predicted molar refractivity (Wildman–Crippen MR) is 105 cm³/mol. The van der Waals surface area contributed by atoms with E-state index in [0.29, 0.717) is 25.5 Å². The van der Waals surface area contributed by atoms with Crippen molar-refractivity contribution in [2.24, 2.45) is 10.8 Å². The van der Waals surface area contributed by atoms with Gasteiger partial charge in [0.25, 0.3) is 11.8 Å². The Morgan fingerprint density at radius 3 is 2.93 bits per heavy atom. The van der Waals surface area contributed by atoms with Crippen molar-refractivity contribution < 1.29 is 24.1 Å². The number of ether oxygens (including phenoxy) is 3. The fourth-order valence-corrected chi connectivity index (χ4v) is 3.26. The number of aromatic nitrogens is 2. The molecule has 0 radical (unpaired) electrons. The number of nitrogens with zero attached hydrogens (tertiary/aromatic N) is 5. The SMILES string of the molecule is C[Si](C)(C)CCOCN1C(=O)COc2ncc(N3N=C(CCN)OC3O)nc21. The maximum absolute atomic E-state index is 12.3. The minimum atomic E-state index is -1.34. The molecule has 3 heterocycles. The van der Waals surface area contributed by atoms with Crippen LogP contribution in [0.3, 0.4) is 0 Å². The Kier molecular flexibility index (Phi) is 6.13. The van der Waals surface area contributed by atoms with Crippen molar-refractivity contribution in [3.63, 3.8) is 0 Å². The summed E-state index contributed by atoms with van der Waals surface area (Å²) < 4.78 is 16.3. The second-order valence-corrected chi connectivity index (χ2v) is 13.3. The lowest BCUT2D eigenvalue weighted by atomic mass is 10.4. The van der Waals surface area contributed by atoms with Crippen molar-refractivity contribution in [2.75, 3.05) is 36.4 Å². The molecule has 3 rings (SSSR count). The minimum absolute atomic E-state index is 0.0541. The summed E-state index contributed by atoms with van der Waals surface area (Å²) in [6, 6.07) is 0.986. The largest absolute Gasteiger partial charge is 0.465 e. The molecule has 1 aromatic heterocycles. The molecule has 0 fully saturated rings. The molecule has 1 aromatic rings. The molecule has 3 N–H and O–H groups in total. The van der Waals surface area contributed by atoms with Crippen LogP contribution >= 0.6 is 0 Å². The van der Waals surface area contributed by atoms with Crippen LogP contribution in [0.15, 0.2) is 11.3 Å². The van der Waals surface area contributed by atoms with Crippen LogP contribution < -0.4 is 20.4 Å². The highest BCUT2D eigenvalue weighted by molar-refractivity contribution is 6.76. The Morgan fingerprint density at radius 1 is 1.43 bits per heavy atom. The third kappa shape index (κ3) is 4.76. The monoisotopic (exact) mass is 410 g/mol. The topological polar surface area (TPSA) is 136 Å². The standard InChI is InChI=1S/C16H26N6O5Si/c1-28(2,3)7-6-25-10-21-13(23)9-26-15-14(21)19-11(8-18-15)22-16(24)27-12(20-22)4-5-17/h8,16,24H,4-7,9-10,17H2,1-3H3. The van der Waals surface area contributed by atoms with Crippen molar-refractivity contribution in [2.45, 2.75) is 38.5 Å². The van der Waals surface area contributed by atoms with Crippen molar-refractivity contribution >= 4 is 31.5 Å². The van der Waals surface area contributed by atoms with E-state index in [1.165, 1.54) is 16.1 Å². The van der Waals surface area contributed by atoms with Gasteiger partial charge in [-0.25, -0.2) is 9.97 Å². The second-order valence-electron chi connectivity index (χ2n) is 7.64. The Bertz CT molecular complexity index is 756. The third-order valence-electron chi connectivity index (χ3n) is 4.08. The molecular weight excluding hydrogens is 384 g/mol. The maximum atomic E-state index is 12.3. The van der Waals surface area contributed by atoms with Gasteiger partial charge in [0, 0.05) is 27.6 Å². The Morgan fingerprint density at radius 2 is 2.21 bits per heavy atom. The number of hydrogen-bond donors (Lipinski definition) is 2. The highest BCUT2D eigenvalue weighted by atomic mass is 28.3. The van der Waals surface area contributed by atoms with E-state index in [1.807, 2.05) is 0 Å². The average Bonchev–Trinajstić information content (AvgIpc) is 2.99. The second kappa shape index (κ2) is 8.39. The summed E-state index contributed by atoms with van der Waals surface area (Å²) in [6.45, 7) is 7.59. The summed E-state index contributed by atoms with van der Waals surface area (Å²) in [5.74, 6) is 0.670. The van der Waals surface area contributed by atoms with Crippen molar-refractivity contribution in [1.82, 2.24) is 9.97 Å². The van der Waals surface area contributed by atoms with E-state index >= 15 is 0 Å². The quantitative estimate of drug-likeness (QED) is 0.458. The number of nitrogens with two attached hydrogens (primary N) is 1. The third-order valence-corrected chi connectivity index (χ3v) is 5.78. The zero-order valence-electron chi connectivity index (χ0n) is 16.3. The number of aliphatic hydroxyl groups is 1. The molecule has 28 heavy (non-hydrogen) atoms. The number of carbonyl (C=O) groups is 1. The Labute approximate surface area is 164 Å². The summed E-state index contributed by atoms with van der Waals surface area (Å²) in [5.41, 5.74) is 5.49. The van der Waals surface area contributed by atoms with Crippen LogP contribution in [0.4, 0.5) is 11.6 Å². The zero-order valence-corrected chi connectivity index (χ0v) is 17.3. The lowest BCUT2D eigenvalue weighted by Crippen LogP contribution is -2.42. The minimum Gasteiger partial charge on any atom is -0.465 e. The van der Waals surface area contributed by atoms with Crippen LogP contribution in [0.1, 0.15) is 6.42 Å². The van der Waals surface area contributed by atoms with Gasteiger partial charge in [-0.3, -0.25) is 9.69 Å². The van der Waals surface area contributed by atoms with E-state index in [2.05, 4.69) is 34.7 Å². The highest BCUT2D eigenvalue weighted by Gasteiger charge is 2.33. The summed E-state index contributed by atoms with van der Waals surface area (Å²) in [7, 11) is -1.23.